The zero-order valence-electron chi connectivity index (χ0n) is 9.99. The number of hydrogen-bond acceptors (Lipinski definition) is 4. The van der Waals surface area contributed by atoms with Gasteiger partial charge < -0.3 is 15.8 Å². The van der Waals surface area contributed by atoms with E-state index in [2.05, 4.69) is 10.4 Å². The molecule has 0 atom stereocenters. The summed E-state index contributed by atoms with van der Waals surface area (Å²) in [5, 5.41) is 7.67. The molecule has 5 nitrogen and oxygen atoms in total. The van der Waals surface area contributed by atoms with Crippen molar-refractivity contribution in [2.75, 3.05) is 30.8 Å². The molecule has 1 aromatic rings. The first kappa shape index (κ1) is 11.3. The van der Waals surface area contributed by atoms with E-state index in [1.54, 1.807) is 0 Å². The Labute approximate surface area is 96.0 Å². The van der Waals surface area contributed by atoms with Gasteiger partial charge in [0.1, 0.15) is 5.82 Å². The monoisotopic (exact) mass is 224 g/mol. The van der Waals surface area contributed by atoms with E-state index in [4.69, 9.17) is 10.5 Å². The molecule has 1 fully saturated rings. The zero-order valence-corrected chi connectivity index (χ0v) is 9.99. The van der Waals surface area contributed by atoms with E-state index in [1.165, 1.54) is 0 Å². The van der Waals surface area contributed by atoms with Gasteiger partial charge in [-0.1, -0.05) is 0 Å². The fourth-order valence-corrected chi connectivity index (χ4v) is 2.08. The molecule has 0 aliphatic carbocycles. The Morgan fingerprint density at radius 1 is 1.50 bits per heavy atom. The molecule has 90 valence electrons. The van der Waals surface area contributed by atoms with Gasteiger partial charge in [-0.15, -0.1) is 0 Å². The van der Waals surface area contributed by atoms with Crippen LogP contribution in [0.2, 0.25) is 0 Å². The second kappa shape index (κ2) is 4.74. The summed E-state index contributed by atoms with van der Waals surface area (Å²) >= 11 is 0. The third kappa shape index (κ3) is 2.29. The van der Waals surface area contributed by atoms with E-state index in [0.717, 1.165) is 49.8 Å². The molecule has 1 aliphatic heterocycles. The Morgan fingerprint density at radius 3 is 2.75 bits per heavy atom. The molecule has 0 amide bonds. The van der Waals surface area contributed by atoms with Crippen molar-refractivity contribution < 1.29 is 4.74 Å². The lowest BCUT2D eigenvalue weighted by molar-refractivity contribution is 0.0699. The Hall–Kier alpha value is -1.23. The summed E-state index contributed by atoms with van der Waals surface area (Å²) in [6.07, 6.45) is 2.26. The molecule has 0 spiro atoms. The standard InChI is InChI=1S/C11H20N4O/c1-8-10(12)11(15(2)14-8)13-7-9-3-5-16-6-4-9/h9,13H,3-7,12H2,1-2H3. The van der Waals surface area contributed by atoms with Crippen molar-refractivity contribution in [3.05, 3.63) is 5.69 Å². The van der Waals surface area contributed by atoms with E-state index in [0.29, 0.717) is 5.92 Å². The molecule has 0 saturated carbocycles. The van der Waals surface area contributed by atoms with Crippen LogP contribution in [0.4, 0.5) is 11.5 Å². The van der Waals surface area contributed by atoms with Crippen LogP contribution in [0.25, 0.3) is 0 Å². The largest absolute Gasteiger partial charge is 0.394 e. The van der Waals surface area contributed by atoms with Gasteiger partial charge in [0, 0.05) is 26.8 Å². The highest BCUT2D eigenvalue weighted by Gasteiger charge is 2.15. The van der Waals surface area contributed by atoms with Crippen LogP contribution in [0.3, 0.4) is 0 Å². The maximum atomic E-state index is 5.95. The number of ether oxygens (including phenoxy) is 1. The number of nitrogens with two attached hydrogens (primary N) is 1. The molecule has 0 bridgehead atoms. The molecule has 3 N–H and O–H groups in total. The number of rotatable bonds is 3. The van der Waals surface area contributed by atoms with Crippen LogP contribution >= 0.6 is 0 Å². The van der Waals surface area contributed by atoms with E-state index in [-0.39, 0.29) is 0 Å². The lowest BCUT2D eigenvalue weighted by Gasteiger charge is -2.22. The first-order chi connectivity index (χ1) is 7.68. The number of nitrogens with one attached hydrogen (secondary N) is 1. The van der Waals surface area contributed by atoms with Crippen molar-refractivity contribution in [1.29, 1.82) is 0 Å². The van der Waals surface area contributed by atoms with Gasteiger partial charge in [0.25, 0.3) is 0 Å². The van der Waals surface area contributed by atoms with Crippen molar-refractivity contribution in [2.24, 2.45) is 13.0 Å². The van der Waals surface area contributed by atoms with Gasteiger partial charge in [-0.2, -0.15) is 5.10 Å². The van der Waals surface area contributed by atoms with E-state index in [9.17, 15) is 0 Å². The third-order valence-corrected chi connectivity index (χ3v) is 3.17. The molecular formula is C11H20N4O. The second-order valence-electron chi connectivity index (χ2n) is 4.41. The van der Waals surface area contributed by atoms with E-state index in [1.807, 2.05) is 18.7 Å². The predicted octanol–water partition coefficient (Wildman–Crippen LogP) is 1.15. The number of nitrogen functional groups attached to an aromatic ring is 1. The minimum absolute atomic E-state index is 0.684. The molecule has 2 heterocycles. The molecule has 0 aromatic carbocycles. The molecule has 0 unspecified atom stereocenters. The van der Waals surface area contributed by atoms with Gasteiger partial charge in [0.2, 0.25) is 0 Å². The second-order valence-corrected chi connectivity index (χ2v) is 4.41. The Balaban J connectivity index is 1.93. The number of aryl methyl sites for hydroxylation is 2. The normalized spacial score (nSPS) is 17.6. The topological polar surface area (TPSA) is 65.1 Å². The van der Waals surface area contributed by atoms with Crippen LogP contribution in [0.5, 0.6) is 0 Å². The average Bonchev–Trinajstić information content (AvgIpc) is 2.53. The molecule has 16 heavy (non-hydrogen) atoms. The maximum Gasteiger partial charge on any atom is 0.147 e. The Bertz CT molecular complexity index is 355. The fraction of sp³-hybridized carbons (Fsp3) is 0.727. The minimum atomic E-state index is 0.684. The first-order valence-corrected chi connectivity index (χ1v) is 5.79. The summed E-state index contributed by atoms with van der Waals surface area (Å²) in [5.41, 5.74) is 7.59. The highest BCUT2D eigenvalue weighted by molar-refractivity contribution is 5.64. The van der Waals surface area contributed by atoms with Crippen LogP contribution in [-0.2, 0) is 11.8 Å². The predicted molar refractivity (Wildman–Crippen MR) is 64.4 cm³/mol. The number of nitrogens with zero attached hydrogens (tertiary/aromatic N) is 2. The fourth-order valence-electron chi connectivity index (χ4n) is 2.08. The van der Waals surface area contributed by atoms with Crippen molar-refractivity contribution in [1.82, 2.24) is 9.78 Å². The quantitative estimate of drug-likeness (QED) is 0.808. The van der Waals surface area contributed by atoms with Gasteiger partial charge >= 0.3 is 0 Å². The van der Waals surface area contributed by atoms with Gasteiger partial charge in [0.05, 0.1) is 11.4 Å². The van der Waals surface area contributed by atoms with Crippen molar-refractivity contribution >= 4 is 11.5 Å². The van der Waals surface area contributed by atoms with Gasteiger partial charge in [-0.05, 0) is 25.7 Å². The SMILES string of the molecule is Cc1nn(C)c(NCC2CCOCC2)c1N. The van der Waals surface area contributed by atoms with Crippen molar-refractivity contribution in [3.8, 4) is 0 Å². The molecule has 0 radical (unpaired) electrons. The number of aromatic nitrogens is 2. The van der Waals surface area contributed by atoms with Crippen LogP contribution in [0, 0.1) is 12.8 Å². The highest BCUT2D eigenvalue weighted by Crippen LogP contribution is 2.22. The molecule has 1 saturated heterocycles. The van der Waals surface area contributed by atoms with Gasteiger partial charge in [-0.25, -0.2) is 0 Å². The van der Waals surface area contributed by atoms with Crippen LogP contribution < -0.4 is 11.1 Å². The Kier molecular flexibility index (Phi) is 3.33. The lowest BCUT2D eigenvalue weighted by atomic mass is 10.0. The molecule has 5 heteroatoms. The molecule has 2 rings (SSSR count). The summed E-state index contributed by atoms with van der Waals surface area (Å²) in [5.74, 6) is 1.62. The maximum absolute atomic E-state index is 5.95. The summed E-state index contributed by atoms with van der Waals surface area (Å²) in [7, 11) is 1.91. The van der Waals surface area contributed by atoms with Crippen molar-refractivity contribution in [3.63, 3.8) is 0 Å². The zero-order chi connectivity index (χ0) is 11.5. The number of anilines is 2. The van der Waals surface area contributed by atoms with E-state index < -0.39 is 0 Å². The van der Waals surface area contributed by atoms with Crippen molar-refractivity contribution in [2.45, 2.75) is 19.8 Å². The van der Waals surface area contributed by atoms with Crippen LogP contribution in [0.15, 0.2) is 0 Å². The minimum Gasteiger partial charge on any atom is -0.394 e. The molecule has 1 aromatic heterocycles. The summed E-state index contributed by atoms with van der Waals surface area (Å²) < 4.78 is 7.14. The summed E-state index contributed by atoms with van der Waals surface area (Å²) in [6, 6.07) is 0. The average molecular weight is 224 g/mol. The number of hydrogen-bond donors (Lipinski definition) is 2. The van der Waals surface area contributed by atoms with Gasteiger partial charge in [0.15, 0.2) is 0 Å². The summed E-state index contributed by atoms with van der Waals surface area (Å²) in [4.78, 5) is 0. The van der Waals surface area contributed by atoms with Gasteiger partial charge in [-0.3, -0.25) is 4.68 Å². The third-order valence-electron chi connectivity index (χ3n) is 3.17. The highest BCUT2D eigenvalue weighted by atomic mass is 16.5. The van der Waals surface area contributed by atoms with Crippen LogP contribution in [-0.4, -0.2) is 29.5 Å². The molecular weight excluding hydrogens is 204 g/mol. The lowest BCUT2D eigenvalue weighted by Crippen LogP contribution is -2.23. The first-order valence-electron chi connectivity index (χ1n) is 5.79. The smallest absolute Gasteiger partial charge is 0.147 e. The van der Waals surface area contributed by atoms with E-state index >= 15 is 0 Å². The summed E-state index contributed by atoms with van der Waals surface area (Å²) in [6.45, 7) is 4.64. The van der Waals surface area contributed by atoms with Crippen LogP contribution in [0.1, 0.15) is 18.5 Å². The Morgan fingerprint density at radius 2 is 2.19 bits per heavy atom. The molecule has 1 aliphatic rings.